The second kappa shape index (κ2) is 7.80. The molecule has 1 saturated heterocycles. The minimum atomic E-state index is 0.101. The van der Waals surface area contributed by atoms with Crippen molar-refractivity contribution < 1.29 is 4.79 Å². The van der Waals surface area contributed by atoms with Crippen LogP contribution in [0.4, 0.5) is 5.82 Å². The number of rotatable bonds is 3. The van der Waals surface area contributed by atoms with Crippen molar-refractivity contribution in [2.75, 3.05) is 31.1 Å². The fraction of sp³-hybridized carbons (Fsp3) is 0.261. The Morgan fingerprint density at radius 3 is 2.32 bits per heavy atom. The molecule has 0 bridgehead atoms. The van der Waals surface area contributed by atoms with Gasteiger partial charge in [-0.25, -0.2) is 0 Å². The maximum absolute atomic E-state index is 12.7. The lowest BCUT2D eigenvalue weighted by molar-refractivity contribution is 0.0746. The van der Waals surface area contributed by atoms with Crippen LogP contribution in [-0.2, 0) is 0 Å². The number of hydrogen-bond acceptors (Lipinski definition) is 4. The van der Waals surface area contributed by atoms with E-state index < -0.39 is 0 Å². The van der Waals surface area contributed by atoms with E-state index in [-0.39, 0.29) is 5.91 Å². The molecule has 1 aliphatic heterocycles. The Labute approximate surface area is 165 Å². The van der Waals surface area contributed by atoms with Crippen LogP contribution in [0.25, 0.3) is 11.3 Å². The predicted octanol–water partition coefficient (Wildman–Crippen LogP) is 3.72. The van der Waals surface area contributed by atoms with Crippen LogP contribution in [0, 0.1) is 13.8 Å². The van der Waals surface area contributed by atoms with E-state index in [0.29, 0.717) is 13.1 Å². The van der Waals surface area contributed by atoms with Crippen LogP contribution in [-0.4, -0.2) is 47.2 Å². The molecule has 0 aliphatic carbocycles. The number of benzene rings is 2. The van der Waals surface area contributed by atoms with Crippen LogP contribution < -0.4 is 4.90 Å². The molecule has 142 valence electrons. The van der Waals surface area contributed by atoms with Gasteiger partial charge in [0.25, 0.3) is 5.91 Å². The van der Waals surface area contributed by atoms with Gasteiger partial charge in [-0.15, -0.1) is 10.2 Å². The first-order valence-corrected chi connectivity index (χ1v) is 9.62. The van der Waals surface area contributed by atoms with Gasteiger partial charge in [0.1, 0.15) is 0 Å². The van der Waals surface area contributed by atoms with Crippen molar-refractivity contribution in [3.63, 3.8) is 0 Å². The molecule has 1 aliphatic rings. The molecule has 0 radical (unpaired) electrons. The summed E-state index contributed by atoms with van der Waals surface area (Å²) in [5, 5.41) is 8.86. The number of carbonyl (C=O) groups is 1. The minimum absolute atomic E-state index is 0.101. The summed E-state index contributed by atoms with van der Waals surface area (Å²) in [7, 11) is 0. The summed E-state index contributed by atoms with van der Waals surface area (Å²) in [4.78, 5) is 16.8. The molecule has 5 heteroatoms. The number of carbonyl (C=O) groups excluding carboxylic acids is 1. The van der Waals surface area contributed by atoms with Crippen LogP contribution in [0.3, 0.4) is 0 Å². The lowest BCUT2D eigenvalue weighted by atomic mass is 10.1. The zero-order valence-electron chi connectivity index (χ0n) is 16.3. The molecule has 0 unspecified atom stereocenters. The maximum Gasteiger partial charge on any atom is 0.253 e. The standard InChI is InChI=1S/C23H24N4O/c1-17-6-5-8-19(16-17)23(28)27-14-12-26(13-15-27)22-11-10-21(24-25-22)20-9-4-3-7-18(20)2/h3-11,16H,12-15H2,1-2H3. The van der Waals surface area contributed by atoms with Crippen LogP contribution in [0.5, 0.6) is 0 Å². The molecule has 2 heterocycles. The van der Waals surface area contributed by atoms with E-state index in [4.69, 9.17) is 0 Å². The Balaban J connectivity index is 1.41. The molecule has 1 fully saturated rings. The average Bonchev–Trinajstić information content (AvgIpc) is 2.74. The molecule has 4 rings (SSSR count). The summed E-state index contributed by atoms with van der Waals surface area (Å²) in [6, 6.07) is 20.0. The summed E-state index contributed by atoms with van der Waals surface area (Å²) >= 11 is 0. The number of amides is 1. The van der Waals surface area contributed by atoms with Crippen molar-refractivity contribution in [1.82, 2.24) is 15.1 Å². The van der Waals surface area contributed by atoms with Crippen molar-refractivity contribution in [3.05, 3.63) is 77.4 Å². The number of aromatic nitrogens is 2. The first-order valence-electron chi connectivity index (χ1n) is 9.62. The summed E-state index contributed by atoms with van der Waals surface area (Å²) in [5.74, 6) is 0.962. The number of hydrogen-bond donors (Lipinski definition) is 0. The molecule has 5 nitrogen and oxygen atoms in total. The monoisotopic (exact) mass is 372 g/mol. The molecule has 2 aromatic carbocycles. The predicted molar refractivity (Wildman–Crippen MR) is 112 cm³/mol. The third-order valence-corrected chi connectivity index (χ3v) is 5.23. The van der Waals surface area contributed by atoms with Gasteiger partial charge in [0.15, 0.2) is 5.82 Å². The SMILES string of the molecule is Cc1cccc(C(=O)N2CCN(c3ccc(-c4ccccc4C)nn3)CC2)c1. The topological polar surface area (TPSA) is 49.3 Å². The third-order valence-electron chi connectivity index (χ3n) is 5.23. The van der Waals surface area contributed by atoms with Crippen molar-refractivity contribution in [2.24, 2.45) is 0 Å². The fourth-order valence-corrected chi connectivity index (χ4v) is 3.60. The highest BCUT2D eigenvalue weighted by atomic mass is 16.2. The third kappa shape index (κ3) is 3.74. The lowest BCUT2D eigenvalue weighted by Gasteiger charge is -2.35. The zero-order valence-corrected chi connectivity index (χ0v) is 16.3. The normalized spacial score (nSPS) is 14.2. The number of nitrogens with zero attached hydrogens (tertiary/aromatic N) is 4. The molecule has 1 amide bonds. The molecule has 0 saturated carbocycles. The molecule has 28 heavy (non-hydrogen) atoms. The molecule has 1 aromatic heterocycles. The van der Waals surface area contributed by atoms with Gasteiger partial charge in [-0.05, 0) is 43.7 Å². The van der Waals surface area contributed by atoms with E-state index in [1.165, 1.54) is 5.56 Å². The van der Waals surface area contributed by atoms with Gasteiger partial charge in [-0.3, -0.25) is 4.79 Å². The van der Waals surface area contributed by atoms with E-state index in [1.807, 2.05) is 60.4 Å². The summed E-state index contributed by atoms with van der Waals surface area (Å²) in [5.41, 5.74) is 5.04. The lowest BCUT2D eigenvalue weighted by Crippen LogP contribution is -2.49. The van der Waals surface area contributed by atoms with Crippen LogP contribution in [0.2, 0.25) is 0 Å². The van der Waals surface area contributed by atoms with E-state index in [0.717, 1.165) is 41.3 Å². The Bertz CT molecular complexity index is 976. The van der Waals surface area contributed by atoms with Crippen molar-refractivity contribution in [1.29, 1.82) is 0 Å². The second-order valence-electron chi connectivity index (χ2n) is 7.24. The van der Waals surface area contributed by atoms with Gasteiger partial charge >= 0.3 is 0 Å². The maximum atomic E-state index is 12.7. The number of aryl methyl sites for hydroxylation is 2. The highest BCUT2D eigenvalue weighted by molar-refractivity contribution is 5.94. The molecule has 0 N–H and O–H groups in total. The van der Waals surface area contributed by atoms with Crippen LogP contribution in [0.15, 0.2) is 60.7 Å². The number of anilines is 1. The zero-order chi connectivity index (χ0) is 19.5. The smallest absolute Gasteiger partial charge is 0.253 e. The van der Waals surface area contributed by atoms with Crippen LogP contribution >= 0.6 is 0 Å². The van der Waals surface area contributed by atoms with Gasteiger partial charge in [-0.1, -0.05) is 42.0 Å². The average molecular weight is 372 g/mol. The Morgan fingerprint density at radius 1 is 0.857 bits per heavy atom. The summed E-state index contributed by atoms with van der Waals surface area (Å²) in [6.07, 6.45) is 0. The molecular weight excluding hydrogens is 348 g/mol. The fourth-order valence-electron chi connectivity index (χ4n) is 3.60. The van der Waals surface area contributed by atoms with E-state index in [1.54, 1.807) is 0 Å². The van der Waals surface area contributed by atoms with Gasteiger partial charge in [-0.2, -0.15) is 0 Å². The summed E-state index contributed by atoms with van der Waals surface area (Å²) < 4.78 is 0. The summed E-state index contributed by atoms with van der Waals surface area (Å²) in [6.45, 7) is 6.98. The van der Waals surface area contributed by atoms with Crippen molar-refractivity contribution >= 4 is 11.7 Å². The number of piperazine rings is 1. The van der Waals surface area contributed by atoms with E-state index >= 15 is 0 Å². The van der Waals surface area contributed by atoms with Crippen LogP contribution in [0.1, 0.15) is 21.5 Å². The van der Waals surface area contributed by atoms with Gasteiger partial charge < -0.3 is 9.80 Å². The van der Waals surface area contributed by atoms with Gasteiger partial charge in [0.05, 0.1) is 5.69 Å². The quantitative estimate of drug-likeness (QED) is 0.703. The minimum Gasteiger partial charge on any atom is -0.352 e. The van der Waals surface area contributed by atoms with Gasteiger partial charge in [0.2, 0.25) is 0 Å². The Hall–Kier alpha value is -3.21. The molecular formula is C23H24N4O. The largest absolute Gasteiger partial charge is 0.352 e. The first kappa shape index (κ1) is 18.2. The second-order valence-corrected chi connectivity index (χ2v) is 7.24. The van der Waals surface area contributed by atoms with E-state index in [2.05, 4.69) is 34.2 Å². The van der Waals surface area contributed by atoms with Crippen molar-refractivity contribution in [3.8, 4) is 11.3 Å². The molecule has 0 atom stereocenters. The van der Waals surface area contributed by atoms with Crippen molar-refractivity contribution in [2.45, 2.75) is 13.8 Å². The Kier molecular flexibility index (Phi) is 5.06. The first-order chi connectivity index (χ1) is 13.6. The van der Waals surface area contributed by atoms with Gasteiger partial charge in [0, 0.05) is 37.3 Å². The molecule has 0 spiro atoms. The highest BCUT2D eigenvalue weighted by Gasteiger charge is 2.23. The highest BCUT2D eigenvalue weighted by Crippen LogP contribution is 2.22. The molecule has 3 aromatic rings. The van der Waals surface area contributed by atoms with E-state index in [9.17, 15) is 4.79 Å². The Morgan fingerprint density at radius 2 is 1.64 bits per heavy atom.